The number of benzene rings is 2. The quantitative estimate of drug-likeness (QED) is 0.347. The molecule has 0 amide bonds. The number of ether oxygens (including phenoxy) is 3. The highest BCUT2D eigenvalue weighted by molar-refractivity contribution is 9.09. The molecule has 0 radical (unpaired) electrons. The number of hydrogen-bond donors (Lipinski definition) is 0. The first-order chi connectivity index (χ1) is 11.8. The molecule has 3 nitrogen and oxygen atoms in total. The largest absolute Gasteiger partial charge is 0.494 e. The predicted molar refractivity (Wildman–Crippen MR) is 104 cm³/mol. The second-order valence-corrected chi connectivity index (χ2v) is 6.57. The molecule has 0 aliphatic carbocycles. The van der Waals surface area contributed by atoms with E-state index in [1.54, 1.807) is 7.11 Å². The Balaban J connectivity index is 2.10. The Morgan fingerprint density at radius 2 is 1.71 bits per heavy atom. The minimum atomic E-state index is 0.700. The third-order valence-corrected chi connectivity index (χ3v) is 4.47. The molecule has 0 aliphatic heterocycles. The summed E-state index contributed by atoms with van der Waals surface area (Å²) in [5, 5.41) is 3.16. The zero-order valence-electron chi connectivity index (χ0n) is 14.6. The first-order valence-electron chi connectivity index (χ1n) is 8.72. The maximum Gasteiger partial charge on any atom is 0.168 e. The SMILES string of the molecule is CCCCCOc1ccc2c(OC)c(OCCCCBr)ccc2c1. The second-order valence-electron chi connectivity index (χ2n) is 5.78. The predicted octanol–water partition coefficient (Wildman–Crippen LogP) is 5.97. The van der Waals surface area contributed by atoms with Gasteiger partial charge in [0.1, 0.15) is 5.75 Å². The van der Waals surface area contributed by atoms with Crippen molar-refractivity contribution in [1.29, 1.82) is 0 Å². The van der Waals surface area contributed by atoms with E-state index in [9.17, 15) is 0 Å². The van der Waals surface area contributed by atoms with Crippen LogP contribution in [0.15, 0.2) is 30.3 Å². The van der Waals surface area contributed by atoms with Crippen LogP contribution < -0.4 is 14.2 Å². The van der Waals surface area contributed by atoms with Gasteiger partial charge >= 0.3 is 0 Å². The molecule has 0 aromatic heterocycles. The van der Waals surface area contributed by atoms with Crippen molar-refractivity contribution in [3.63, 3.8) is 0 Å². The lowest BCUT2D eigenvalue weighted by Gasteiger charge is -2.14. The third-order valence-electron chi connectivity index (χ3n) is 3.91. The molecule has 0 aliphatic rings. The van der Waals surface area contributed by atoms with Gasteiger partial charge in [0.2, 0.25) is 0 Å². The van der Waals surface area contributed by atoms with Gasteiger partial charge < -0.3 is 14.2 Å². The monoisotopic (exact) mass is 394 g/mol. The maximum absolute atomic E-state index is 5.88. The standard InChI is InChI=1S/C20H27BrO3/c1-3-4-6-13-23-17-9-10-18-16(15-17)8-11-19(20(18)22-2)24-14-7-5-12-21/h8-11,15H,3-7,12-14H2,1-2H3. The Kier molecular flexibility index (Phi) is 8.23. The molecule has 4 heteroatoms. The van der Waals surface area contributed by atoms with Crippen LogP contribution in [-0.4, -0.2) is 25.7 Å². The van der Waals surface area contributed by atoms with Gasteiger partial charge in [0, 0.05) is 10.7 Å². The zero-order chi connectivity index (χ0) is 17.2. The van der Waals surface area contributed by atoms with Crippen LogP contribution in [0, 0.1) is 0 Å². The molecule has 0 saturated heterocycles. The first-order valence-corrected chi connectivity index (χ1v) is 9.84. The van der Waals surface area contributed by atoms with Crippen LogP contribution in [-0.2, 0) is 0 Å². The summed E-state index contributed by atoms with van der Waals surface area (Å²) >= 11 is 3.44. The van der Waals surface area contributed by atoms with Crippen molar-refractivity contribution in [2.45, 2.75) is 39.0 Å². The number of fused-ring (bicyclic) bond motifs is 1. The van der Waals surface area contributed by atoms with Gasteiger partial charge in [0.05, 0.1) is 20.3 Å². The van der Waals surface area contributed by atoms with E-state index in [0.717, 1.165) is 59.2 Å². The fourth-order valence-corrected chi connectivity index (χ4v) is 2.99. The van der Waals surface area contributed by atoms with Gasteiger partial charge in [-0.25, -0.2) is 0 Å². The number of alkyl halides is 1. The summed E-state index contributed by atoms with van der Waals surface area (Å²) in [5.74, 6) is 2.51. The van der Waals surface area contributed by atoms with Crippen molar-refractivity contribution in [2.75, 3.05) is 25.7 Å². The highest BCUT2D eigenvalue weighted by Crippen LogP contribution is 2.37. The van der Waals surface area contributed by atoms with E-state index < -0.39 is 0 Å². The van der Waals surface area contributed by atoms with E-state index in [1.807, 2.05) is 12.1 Å². The minimum Gasteiger partial charge on any atom is -0.494 e. The highest BCUT2D eigenvalue weighted by Gasteiger charge is 2.10. The van der Waals surface area contributed by atoms with Crippen LogP contribution in [0.3, 0.4) is 0 Å². The van der Waals surface area contributed by atoms with E-state index >= 15 is 0 Å². The average molecular weight is 395 g/mol. The molecule has 0 spiro atoms. The number of halogens is 1. The minimum absolute atomic E-state index is 0.700. The number of methoxy groups -OCH3 is 1. The normalized spacial score (nSPS) is 10.8. The van der Waals surface area contributed by atoms with Crippen LogP contribution in [0.1, 0.15) is 39.0 Å². The molecule has 0 bridgehead atoms. The summed E-state index contributed by atoms with van der Waals surface area (Å²) in [7, 11) is 1.69. The number of unbranched alkanes of at least 4 members (excludes halogenated alkanes) is 3. The lowest BCUT2D eigenvalue weighted by Crippen LogP contribution is -2.00. The average Bonchev–Trinajstić information content (AvgIpc) is 2.62. The fraction of sp³-hybridized carbons (Fsp3) is 0.500. The van der Waals surface area contributed by atoms with E-state index in [0.29, 0.717) is 6.61 Å². The summed E-state index contributed by atoms with van der Waals surface area (Å²) in [4.78, 5) is 0. The number of hydrogen-bond acceptors (Lipinski definition) is 3. The van der Waals surface area contributed by atoms with Crippen molar-refractivity contribution in [3.8, 4) is 17.2 Å². The molecule has 2 aromatic rings. The van der Waals surface area contributed by atoms with Crippen molar-refractivity contribution in [2.24, 2.45) is 0 Å². The molecular formula is C20H27BrO3. The fourth-order valence-electron chi connectivity index (χ4n) is 2.59. The summed E-state index contributed by atoms with van der Waals surface area (Å²) in [5.41, 5.74) is 0. The molecule has 0 heterocycles. The Morgan fingerprint density at radius 3 is 2.46 bits per heavy atom. The summed E-state index contributed by atoms with van der Waals surface area (Å²) in [6.45, 7) is 3.67. The van der Waals surface area contributed by atoms with Gasteiger partial charge in [0.15, 0.2) is 11.5 Å². The second kappa shape index (κ2) is 10.4. The van der Waals surface area contributed by atoms with Crippen molar-refractivity contribution in [1.82, 2.24) is 0 Å². The molecule has 0 atom stereocenters. The van der Waals surface area contributed by atoms with Crippen LogP contribution >= 0.6 is 15.9 Å². The Labute approximate surface area is 153 Å². The van der Waals surface area contributed by atoms with Crippen molar-refractivity contribution >= 4 is 26.7 Å². The van der Waals surface area contributed by atoms with Crippen molar-refractivity contribution in [3.05, 3.63) is 30.3 Å². The molecule has 0 N–H and O–H groups in total. The van der Waals surface area contributed by atoms with Crippen LogP contribution in [0.5, 0.6) is 17.2 Å². The molecule has 2 aromatic carbocycles. The Hall–Kier alpha value is -1.42. The van der Waals surface area contributed by atoms with Gasteiger partial charge in [-0.05, 0) is 48.9 Å². The van der Waals surface area contributed by atoms with E-state index in [1.165, 1.54) is 12.8 Å². The van der Waals surface area contributed by atoms with Crippen LogP contribution in [0.25, 0.3) is 10.8 Å². The molecular weight excluding hydrogens is 368 g/mol. The third kappa shape index (κ3) is 5.30. The molecule has 0 unspecified atom stereocenters. The van der Waals surface area contributed by atoms with Crippen molar-refractivity contribution < 1.29 is 14.2 Å². The summed E-state index contributed by atoms with van der Waals surface area (Å²) < 4.78 is 17.3. The number of rotatable bonds is 11. The Bertz CT molecular complexity index is 628. The molecule has 132 valence electrons. The Morgan fingerprint density at radius 1 is 0.917 bits per heavy atom. The van der Waals surface area contributed by atoms with Gasteiger partial charge in [0.25, 0.3) is 0 Å². The van der Waals surface area contributed by atoms with E-state index in [-0.39, 0.29) is 0 Å². The lowest BCUT2D eigenvalue weighted by atomic mass is 10.1. The van der Waals surface area contributed by atoms with E-state index in [4.69, 9.17) is 14.2 Å². The van der Waals surface area contributed by atoms with Gasteiger partial charge in [-0.1, -0.05) is 41.8 Å². The lowest BCUT2D eigenvalue weighted by molar-refractivity contribution is 0.290. The molecule has 0 fully saturated rings. The highest BCUT2D eigenvalue weighted by atomic mass is 79.9. The molecule has 2 rings (SSSR count). The van der Waals surface area contributed by atoms with Crippen LogP contribution in [0.4, 0.5) is 0 Å². The topological polar surface area (TPSA) is 27.7 Å². The van der Waals surface area contributed by atoms with Crippen LogP contribution in [0.2, 0.25) is 0 Å². The summed E-state index contributed by atoms with van der Waals surface area (Å²) in [6, 6.07) is 10.2. The zero-order valence-corrected chi connectivity index (χ0v) is 16.2. The smallest absolute Gasteiger partial charge is 0.168 e. The molecule has 0 saturated carbocycles. The summed E-state index contributed by atoms with van der Waals surface area (Å²) in [6.07, 6.45) is 5.64. The van der Waals surface area contributed by atoms with E-state index in [2.05, 4.69) is 41.1 Å². The molecule has 24 heavy (non-hydrogen) atoms. The first kappa shape index (κ1) is 18.9. The maximum atomic E-state index is 5.88. The van der Waals surface area contributed by atoms with Gasteiger partial charge in [-0.3, -0.25) is 0 Å². The van der Waals surface area contributed by atoms with Gasteiger partial charge in [-0.15, -0.1) is 0 Å². The van der Waals surface area contributed by atoms with Gasteiger partial charge in [-0.2, -0.15) is 0 Å².